The normalized spacial score (nSPS) is 14.3. The van der Waals surface area contributed by atoms with Gasteiger partial charge in [-0.1, -0.05) is 12.1 Å². The summed E-state index contributed by atoms with van der Waals surface area (Å²) in [5.41, 5.74) is 1.55. The SMILES string of the molecule is CNC(=O)C(=O)c1cn(N)c2nc(OC)c(C(=O)N3CCC(Cc4ccc(F)cc4)CC3)cc12. The first-order valence-corrected chi connectivity index (χ1v) is 11.0. The van der Waals surface area contributed by atoms with Crippen molar-refractivity contribution in [2.75, 3.05) is 33.1 Å². The number of pyridine rings is 1. The number of Topliss-reactive ketones (excluding diaryl/α,β-unsaturated/α-hetero) is 1. The number of nitrogen functional groups attached to an aromatic ring is 1. The van der Waals surface area contributed by atoms with E-state index in [1.54, 1.807) is 17.0 Å². The van der Waals surface area contributed by atoms with Gasteiger partial charge in [-0.2, -0.15) is 4.98 Å². The maximum absolute atomic E-state index is 13.4. The molecule has 0 atom stereocenters. The number of hydrogen-bond donors (Lipinski definition) is 2. The van der Waals surface area contributed by atoms with Crippen molar-refractivity contribution in [2.24, 2.45) is 5.92 Å². The molecule has 0 bridgehead atoms. The number of carbonyl (C=O) groups is 3. The lowest BCUT2D eigenvalue weighted by molar-refractivity contribution is -0.116. The predicted octanol–water partition coefficient (Wildman–Crippen LogP) is 1.92. The van der Waals surface area contributed by atoms with Crippen LogP contribution in [-0.2, 0) is 11.2 Å². The van der Waals surface area contributed by atoms with E-state index >= 15 is 0 Å². The number of nitrogens with one attached hydrogen (secondary N) is 1. The lowest BCUT2D eigenvalue weighted by atomic mass is 9.90. The summed E-state index contributed by atoms with van der Waals surface area (Å²) < 4.78 is 19.6. The molecule has 0 radical (unpaired) electrons. The molecule has 0 aliphatic carbocycles. The van der Waals surface area contributed by atoms with E-state index in [1.807, 2.05) is 0 Å². The van der Waals surface area contributed by atoms with Gasteiger partial charge >= 0.3 is 0 Å². The van der Waals surface area contributed by atoms with Gasteiger partial charge < -0.3 is 20.8 Å². The fourth-order valence-electron chi connectivity index (χ4n) is 4.34. The summed E-state index contributed by atoms with van der Waals surface area (Å²) in [5.74, 6) is 4.32. The van der Waals surface area contributed by atoms with E-state index in [-0.39, 0.29) is 34.4 Å². The summed E-state index contributed by atoms with van der Waals surface area (Å²) in [7, 11) is 2.76. The van der Waals surface area contributed by atoms with Crippen LogP contribution in [0.5, 0.6) is 5.88 Å². The average molecular weight is 468 g/mol. The first kappa shape index (κ1) is 23.2. The van der Waals surface area contributed by atoms with E-state index in [0.717, 1.165) is 29.5 Å². The number of rotatable bonds is 6. The Balaban J connectivity index is 1.55. The van der Waals surface area contributed by atoms with E-state index in [0.29, 0.717) is 24.4 Å². The van der Waals surface area contributed by atoms with Crippen LogP contribution in [0.25, 0.3) is 11.0 Å². The van der Waals surface area contributed by atoms with Crippen LogP contribution in [0, 0.1) is 11.7 Å². The standard InChI is InChI=1S/C24H26FN5O4/c1-27-22(32)20(31)19-13-30(26)21-17(19)12-18(23(28-21)34-2)24(33)29-9-7-15(8-10-29)11-14-3-5-16(25)6-4-14/h3-6,12-13,15H,7-11,26H2,1-2H3,(H,27,32). The number of piperidine rings is 1. The quantitative estimate of drug-likeness (QED) is 0.325. The molecule has 2 aromatic heterocycles. The highest BCUT2D eigenvalue weighted by molar-refractivity contribution is 6.44. The van der Waals surface area contributed by atoms with Crippen molar-refractivity contribution in [3.05, 3.63) is 59.0 Å². The van der Waals surface area contributed by atoms with Crippen molar-refractivity contribution in [3.63, 3.8) is 0 Å². The molecule has 1 aliphatic heterocycles. The van der Waals surface area contributed by atoms with Gasteiger partial charge in [-0.15, -0.1) is 0 Å². The molecule has 0 spiro atoms. The fraction of sp³-hybridized carbons (Fsp3) is 0.333. The Morgan fingerprint density at radius 2 is 1.85 bits per heavy atom. The molecule has 0 saturated carbocycles. The van der Waals surface area contributed by atoms with Crippen LogP contribution in [0.4, 0.5) is 4.39 Å². The summed E-state index contributed by atoms with van der Waals surface area (Å²) in [6.45, 7) is 1.10. The molecule has 2 amide bonds. The van der Waals surface area contributed by atoms with Gasteiger partial charge in [0.1, 0.15) is 11.4 Å². The molecule has 34 heavy (non-hydrogen) atoms. The fourth-order valence-corrected chi connectivity index (χ4v) is 4.34. The maximum atomic E-state index is 13.4. The van der Waals surface area contributed by atoms with Gasteiger partial charge in [0.25, 0.3) is 17.6 Å². The largest absolute Gasteiger partial charge is 0.480 e. The number of ketones is 1. The van der Waals surface area contributed by atoms with Crippen LogP contribution in [-0.4, -0.2) is 59.4 Å². The van der Waals surface area contributed by atoms with Gasteiger partial charge in [0, 0.05) is 31.7 Å². The maximum Gasteiger partial charge on any atom is 0.292 e. The monoisotopic (exact) mass is 467 g/mol. The third kappa shape index (κ3) is 4.43. The minimum atomic E-state index is -0.792. The number of carbonyl (C=O) groups excluding carboxylic acids is 3. The van der Waals surface area contributed by atoms with E-state index in [9.17, 15) is 18.8 Å². The number of hydrogen-bond acceptors (Lipinski definition) is 6. The molecule has 3 N–H and O–H groups in total. The molecule has 3 heterocycles. The van der Waals surface area contributed by atoms with Gasteiger partial charge in [-0.25, -0.2) is 4.39 Å². The van der Waals surface area contributed by atoms with Gasteiger partial charge in [-0.3, -0.25) is 19.1 Å². The van der Waals surface area contributed by atoms with Gasteiger partial charge in [-0.05, 0) is 48.9 Å². The number of halogens is 1. The Morgan fingerprint density at radius 3 is 2.47 bits per heavy atom. The summed E-state index contributed by atoms with van der Waals surface area (Å²) in [4.78, 5) is 43.8. The second-order valence-corrected chi connectivity index (χ2v) is 8.34. The number of aromatic nitrogens is 2. The Labute approximate surface area is 195 Å². The number of likely N-dealkylation sites (N-methyl/N-ethyl adjacent to an activating group) is 1. The number of nitrogens with two attached hydrogens (primary N) is 1. The topological polar surface area (TPSA) is 120 Å². The zero-order valence-corrected chi connectivity index (χ0v) is 19.0. The number of benzene rings is 1. The molecule has 10 heteroatoms. The lowest BCUT2D eigenvalue weighted by Gasteiger charge is -2.32. The minimum absolute atomic E-state index is 0.0547. The lowest BCUT2D eigenvalue weighted by Crippen LogP contribution is -2.39. The zero-order chi connectivity index (χ0) is 24.4. The summed E-state index contributed by atoms with van der Waals surface area (Å²) in [5, 5.41) is 2.59. The van der Waals surface area contributed by atoms with Gasteiger partial charge in [0.2, 0.25) is 5.88 Å². The molecule has 0 unspecified atom stereocenters. The number of nitrogens with zero attached hydrogens (tertiary/aromatic N) is 3. The minimum Gasteiger partial charge on any atom is -0.480 e. The van der Waals surface area contributed by atoms with E-state index < -0.39 is 11.7 Å². The van der Waals surface area contributed by atoms with Crippen molar-refractivity contribution in [1.82, 2.24) is 19.9 Å². The van der Waals surface area contributed by atoms with Crippen molar-refractivity contribution in [3.8, 4) is 5.88 Å². The van der Waals surface area contributed by atoms with E-state index in [4.69, 9.17) is 10.6 Å². The second-order valence-electron chi connectivity index (χ2n) is 8.34. The van der Waals surface area contributed by atoms with E-state index in [2.05, 4.69) is 10.3 Å². The van der Waals surface area contributed by atoms with Crippen LogP contribution in [0.15, 0.2) is 36.5 Å². The number of ether oxygens (including phenoxy) is 1. The Hall–Kier alpha value is -3.95. The molecule has 3 aromatic rings. The molecule has 1 aromatic carbocycles. The highest BCUT2D eigenvalue weighted by atomic mass is 19.1. The van der Waals surface area contributed by atoms with Gasteiger partial charge in [0.05, 0.1) is 12.7 Å². The average Bonchev–Trinajstić information content (AvgIpc) is 3.19. The molecule has 1 saturated heterocycles. The molecule has 1 fully saturated rings. The molecule has 9 nitrogen and oxygen atoms in total. The van der Waals surface area contributed by atoms with Crippen LogP contribution >= 0.6 is 0 Å². The van der Waals surface area contributed by atoms with Crippen LogP contribution in [0.1, 0.15) is 39.1 Å². The van der Waals surface area contributed by atoms with Crippen molar-refractivity contribution < 1.29 is 23.5 Å². The first-order chi connectivity index (χ1) is 16.3. The van der Waals surface area contributed by atoms with Crippen LogP contribution in [0.3, 0.4) is 0 Å². The van der Waals surface area contributed by atoms with E-state index in [1.165, 1.54) is 38.6 Å². The molecular weight excluding hydrogens is 441 g/mol. The second kappa shape index (κ2) is 9.50. The Bertz CT molecular complexity index is 1250. The van der Waals surface area contributed by atoms with Crippen LogP contribution in [0.2, 0.25) is 0 Å². The number of fused-ring (bicyclic) bond motifs is 1. The summed E-state index contributed by atoms with van der Waals surface area (Å²) in [6, 6.07) is 8.01. The van der Waals surface area contributed by atoms with Crippen molar-refractivity contribution in [1.29, 1.82) is 0 Å². The molecule has 178 valence electrons. The summed E-state index contributed by atoms with van der Waals surface area (Å²) in [6.07, 6.45) is 3.75. The van der Waals surface area contributed by atoms with Crippen molar-refractivity contribution >= 4 is 28.6 Å². The van der Waals surface area contributed by atoms with Gasteiger partial charge in [0.15, 0.2) is 5.65 Å². The highest BCUT2D eigenvalue weighted by Gasteiger charge is 2.29. The Morgan fingerprint density at radius 1 is 1.18 bits per heavy atom. The number of likely N-dealkylation sites (tertiary alicyclic amines) is 1. The molecule has 4 rings (SSSR count). The molecule has 1 aliphatic rings. The number of amides is 2. The third-order valence-electron chi connectivity index (χ3n) is 6.21. The Kier molecular flexibility index (Phi) is 6.49. The zero-order valence-electron chi connectivity index (χ0n) is 19.0. The number of methoxy groups -OCH3 is 1. The predicted molar refractivity (Wildman–Crippen MR) is 124 cm³/mol. The first-order valence-electron chi connectivity index (χ1n) is 11.0. The molecular formula is C24H26FN5O4. The third-order valence-corrected chi connectivity index (χ3v) is 6.21. The highest BCUT2D eigenvalue weighted by Crippen LogP contribution is 2.29. The smallest absolute Gasteiger partial charge is 0.292 e. The van der Waals surface area contributed by atoms with Crippen molar-refractivity contribution in [2.45, 2.75) is 19.3 Å². The van der Waals surface area contributed by atoms with Crippen LogP contribution < -0.4 is 15.9 Å². The summed E-state index contributed by atoms with van der Waals surface area (Å²) >= 11 is 0.